The minimum atomic E-state index is 0.0923. The van der Waals surface area contributed by atoms with Crippen LogP contribution >= 0.6 is 0 Å². The molecule has 1 saturated carbocycles. The molecule has 170 valence electrons. The van der Waals surface area contributed by atoms with Gasteiger partial charge >= 0.3 is 0 Å². The summed E-state index contributed by atoms with van der Waals surface area (Å²) in [5.74, 6) is 1.94. The lowest BCUT2D eigenvalue weighted by molar-refractivity contribution is 0.371. The van der Waals surface area contributed by atoms with Crippen LogP contribution < -0.4 is 9.80 Å². The van der Waals surface area contributed by atoms with Crippen LogP contribution in [0.3, 0.4) is 0 Å². The quantitative estimate of drug-likeness (QED) is 0.310. The van der Waals surface area contributed by atoms with Crippen molar-refractivity contribution < 1.29 is 0 Å². The van der Waals surface area contributed by atoms with E-state index in [1.807, 2.05) is 12.1 Å². The third-order valence-corrected chi connectivity index (χ3v) is 9.14. The van der Waals surface area contributed by atoms with E-state index in [4.69, 9.17) is 9.97 Å². The number of benzene rings is 3. The van der Waals surface area contributed by atoms with Crippen molar-refractivity contribution in [3.8, 4) is 0 Å². The fraction of sp³-hybridized carbons (Fsp3) is 0.333. The molecule has 1 fully saturated rings. The van der Waals surface area contributed by atoms with Gasteiger partial charge in [-0.25, -0.2) is 9.97 Å². The summed E-state index contributed by atoms with van der Waals surface area (Å²) in [5.41, 5.74) is 11.4. The molecule has 0 bridgehead atoms. The van der Waals surface area contributed by atoms with E-state index < -0.39 is 0 Å². The van der Waals surface area contributed by atoms with Gasteiger partial charge in [0.1, 0.15) is 6.17 Å². The Balaban J connectivity index is 1.57. The van der Waals surface area contributed by atoms with Gasteiger partial charge in [0.25, 0.3) is 0 Å². The van der Waals surface area contributed by atoms with Crippen LogP contribution in [0.2, 0.25) is 0 Å². The molecule has 4 nitrogen and oxygen atoms in total. The van der Waals surface area contributed by atoms with E-state index >= 15 is 0 Å². The zero-order valence-corrected chi connectivity index (χ0v) is 20.8. The lowest BCUT2D eigenvalue weighted by Crippen LogP contribution is -2.50. The van der Waals surface area contributed by atoms with Crippen molar-refractivity contribution in [1.29, 1.82) is 0 Å². The smallest absolute Gasteiger partial charge is 0.179 e. The minimum absolute atomic E-state index is 0.0923. The summed E-state index contributed by atoms with van der Waals surface area (Å²) in [6.07, 6.45) is 1.30. The summed E-state index contributed by atoms with van der Waals surface area (Å²) >= 11 is 0. The minimum Gasteiger partial charge on any atom is -0.301 e. The number of hydrogen-bond donors (Lipinski definition) is 0. The number of para-hydroxylation sites is 2. The summed E-state index contributed by atoms with van der Waals surface area (Å²) in [4.78, 5) is 15.4. The van der Waals surface area contributed by atoms with Crippen LogP contribution in [0.25, 0.3) is 11.0 Å². The second-order valence-corrected chi connectivity index (χ2v) is 11.1. The number of anilines is 4. The molecule has 0 radical (unpaired) electrons. The maximum atomic E-state index is 5.24. The largest absolute Gasteiger partial charge is 0.301 e. The van der Waals surface area contributed by atoms with E-state index in [1.54, 1.807) is 0 Å². The maximum absolute atomic E-state index is 5.24. The van der Waals surface area contributed by atoms with E-state index in [9.17, 15) is 0 Å². The van der Waals surface area contributed by atoms with E-state index in [0.29, 0.717) is 0 Å². The molecule has 0 amide bonds. The van der Waals surface area contributed by atoms with Crippen LogP contribution in [0.4, 0.5) is 23.0 Å². The maximum Gasteiger partial charge on any atom is 0.179 e. The van der Waals surface area contributed by atoms with Gasteiger partial charge in [0.05, 0.1) is 11.0 Å². The Kier molecular flexibility index (Phi) is 3.64. The van der Waals surface area contributed by atoms with Gasteiger partial charge in [0.2, 0.25) is 0 Å². The zero-order valence-electron chi connectivity index (χ0n) is 20.8. The van der Waals surface area contributed by atoms with Gasteiger partial charge in [-0.3, -0.25) is 0 Å². The predicted octanol–water partition coefficient (Wildman–Crippen LogP) is 7.16. The Hall–Kier alpha value is -3.40. The first kappa shape index (κ1) is 20.0. The van der Waals surface area contributed by atoms with Crippen LogP contribution in [0.15, 0.2) is 54.6 Å². The highest BCUT2D eigenvalue weighted by molar-refractivity contribution is 5.92. The number of rotatable bonds is 1. The average Bonchev–Trinajstić information content (AvgIpc) is 3.25. The topological polar surface area (TPSA) is 32.3 Å². The zero-order chi connectivity index (χ0) is 23.6. The lowest BCUT2D eigenvalue weighted by atomic mass is 9.80. The standard InChI is InChI=1S/C30H30N4/c1-17-11-12-21(13-18(17)2)33-26-27(32-24-10-8-7-9-23(24)31-26)34-25-15-20(4)19(3)14-22(25)29(5)16-30(29,6)28(33)34/h7-15,28H,16H2,1-6H3. The number of hydrogen-bond acceptors (Lipinski definition) is 4. The van der Waals surface area contributed by atoms with Gasteiger partial charge in [0, 0.05) is 22.2 Å². The molecule has 3 atom stereocenters. The van der Waals surface area contributed by atoms with Crippen LogP contribution in [0.5, 0.6) is 0 Å². The van der Waals surface area contributed by atoms with E-state index in [2.05, 4.69) is 93.8 Å². The summed E-state index contributed by atoms with van der Waals surface area (Å²) < 4.78 is 0. The van der Waals surface area contributed by atoms with Crippen molar-refractivity contribution in [2.45, 2.75) is 59.5 Å². The Morgan fingerprint density at radius 2 is 1.35 bits per heavy atom. The van der Waals surface area contributed by atoms with Crippen molar-refractivity contribution in [3.63, 3.8) is 0 Å². The molecule has 3 unspecified atom stereocenters. The second-order valence-electron chi connectivity index (χ2n) is 11.1. The molecule has 2 aliphatic heterocycles. The SMILES string of the molecule is Cc1ccc(N2c3nc4ccccc4nc3N3c4cc(C)c(C)cc4C4(C)CC4(C)C23)cc1C. The molecule has 7 rings (SSSR count). The average molecular weight is 447 g/mol. The van der Waals surface area contributed by atoms with Gasteiger partial charge in [-0.05, 0) is 92.3 Å². The third-order valence-electron chi connectivity index (χ3n) is 9.14. The highest BCUT2D eigenvalue weighted by atomic mass is 15.5. The van der Waals surface area contributed by atoms with Crippen LogP contribution in [0.1, 0.15) is 48.1 Å². The summed E-state index contributed by atoms with van der Waals surface area (Å²) in [6, 6.07) is 19.9. The Morgan fingerprint density at radius 3 is 2.03 bits per heavy atom. The molecule has 0 N–H and O–H groups in total. The van der Waals surface area contributed by atoms with Crippen LogP contribution in [-0.4, -0.2) is 16.1 Å². The summed E-state index contributed by atoms with van der Waals surface area (Å²) in [7, 11) is 0. The van der Waals surface area contributed by atoms with Crippen molar-refractivity contribution >= 4 is 34.0 Å². The molecule has 3 heterocycles. The lowest BCUT2D eigenvalue weighted by Gasteiger charge is -2.44. The first-order valence-electron chi connectivity index (χ1n) is 12.3. The van der Waals surface area contributed by atoms with Gasteiger partial charge in [0.15, 0.2) is 11.6 Å². The first-order chi connectivity index (χ1) is 16.2. The molecule has 3 aromatic carbocycles. The molecule has 1 aromatic heterocycles. The van der Waals surface area contributed by atoms with Crippen molar-refractivity contribution in [2.75, 3.05) is 9.80 Å². The highest BCUT2D eigenvalue weighted by Crippen LogP contribution is 2.75. The van der Waals surface area contributed by atoms with Gasteiger partial charge in [-0.15, -0.1) is 0 Å². The fourth-order valence-electron chi connectivity index (χ4n) is 6.52. The number of fused-ring (bicyclic) bond motifs is 9. The van der Waals surface area contributed by atoms with E-state index in [1.165, 1.54) is 39.2 Å². The Morgan fingerprint density at radius 1 is 0.735 bits per heavy atom. The van der Waals surface area contributed by atoms with Gasteiger partial charge in [-0.2, -0.15) is 0 Å². The highest BCUT2D eigenvalue weighted by Gasteiger charge is 2.73. The van der Waals surface area contributed by atoms with Crippen molar-refractivity contribution in [1.82, 2.24) is 9.97 Å². The third kappa shape index (κ3) is 2.29. The molecule has 0 spiro atoms. The Labute approximate surface area is 201 Å². The van der Waals surface area contributed by atoms with Crippen molar-refractivity contribution in [3.05, 3.63) is 82.4 Å². The Bertz CT molecular complexity index is 1540. The molecular formula is C30H30N4. The van der Waals surface area contributed by atoms with Crippen molar-refractivity contribution in [2.24, 2.45) is 5.41 Å². The fourth-order valence-corrected chi connectivity index (χ4v) is 6.52. The van der Waals surface area contributed by atoms with E-state index in [0.717, 1.165) is 29.1 Å². The normalized spacial score (nSPS) is 26.2. The molecule has 4 aromatic rings. The first-order valence-corrected chi connectivity index (χ1v) is 12.3. The summed E-state index contributed by atoms with van der Waals surface area (Å²) in [6.45, 7) is 13.7. The number of aryl methyl sites for hydroxylation is 4. The van der Waals surface area contributed by atoms with Gasteiger partial charge in [-0.1, -0.05) is 38.1 Å². The van der Waals surface area contributed by atoms with E-state index in [-0.39, 0.29) is 17.0 Å². The predicted molar refractivity (Wildman–Crippen MR) is 140 cm³/mol. The molecule has 4 heteroatoms. The second kappa shape index (κ2) is 6.18. The molecular weight excluding hydrogens is 416 g/mol. The van der Waals surface area contributed by atoms with Crippen LogP contribution in [-0.2, 0) is 5.41 Å². The molecule has 34 heavy (non-hydrogen) atoms. The number of nitrogens with zero attached hydrogens (tertiary/aromatic N) is 4. The molecule has 0 saturated heterocycles. The van der Waals surface area contributed by atoms with Gasteiger partial charge < -0.3 is 9.80 Å². The summed E-state index contributed by atoms with van der Waals surface area (Å²) in [5, 5.41) is 0. The number of aromatic nitrogens is 2. The molecule has 1 aliphatic carbocycles. The van der Waals surface area contributed by atoms with Crippen LogP contribution in [0, 0.1) is 33.1 Å². The molecule has 3 aliphatic rings. The monoisotopic (exact) mass is 446 g/mol.